The highest BCUT2D eigenvalue weighted by Crippen LogP contribution is 2.31. The number of carbonyl (C=O) groups excluding carboxylic acids is 1. The maximum Gasteiger partial charge on any atom is 0.220 e. The Hall–Kier alpha value is -0.610. The van der Waals surface area contributed by atoms with Crippen molar-refractivity contribution < 1.29 is 4.79 Å². The molecule has 1 saturated heterocycles. The summed E-state index contributed by atoms with van der Waals surface area (Å²) in [5.74, 6) is 0.872. The zero-order valence-corrected chi connectivity index (χ0v) is 13.2. The highest BCUT2D eigenvalue weighted by molar-refractivity contribution is 5.75. The smallest absolute Gasteiger partial charge is 0.220 e. The van der Waals surface area contributed by atoms with Crippen molar-refractivity contribution in [3.63, 3.8) is 0 Å². The molecule has 0 spiro atoms. The van der Waals surface area contributed by atoms with Gasteiger partial charge in [0.1, 0.15) is 0 Å². The number of nitrogens with two attached hydrogens (primary N) is 1. The lowest BCUT2D eigenvalue weighted by Gasteiger charge is -2.23. The summed E-state index contributed by atoms with van der Waals surface area (Å²) in [5.41, 5.74) is 5.78. The van der Waals surface area contributed by atoms with E-state index in [2.05, 4.69) is 24.1 Å². The van der Waals surface area contributed by atoms with Crippen LogP contribution in [0.4, 0.5) is 0 Å². The molecule has 1 saturated carbocycles. The first-order valence-corrected chi connectivity index (χ1v) is 8.21. The van der Waals surface area contributed by atoms with Gasteiger partial charge in [-0.2, -0.15) is 0 Å². The second kappa shape index (κ2) is 6.90. The highest BCUT2D eigenvalue weighted by atomic mass is 16.1. The average molecular weight is 281 g/mol. The number of nitrogens with one attached hydrogen (secondary N) is 1. The molecule has 0 aromatic carbocycles. The Morgan fingerprint density at radius 2 is 2.05 bits per heavy atom. The molecule has 4 nitrogen and oxygen atoms in total. The number of rotatable bonds is 8. The van der Waals surface area contributed by atoms with Crippen molar-refractivity contribution in [1.82, 2.24) is 10.2 Å². The van der Waals surface area contributed by atoms with Crippen molar-refractivity contribution in [3.05, 3.63) is 0 Å². The Morgan fingerprint density at radius 3 is 2.70 bits per heavy atom. The number of hydrogen-bond acceptors (Lipinski definition) is 3. The van der Waals surface area contributed by atoms with Crippen LogP contribution in [-0.2, 0) is 4.79 Å². The molecule has 0 bridgehead atoms. The Balaban J connectivity index is 1.58. The summed E-state index contributed by atoms with van der Waals surface area (Å²) in [6.45, 7) is 8.36. The second-order valence-electron chi connectivity index (χ2n) is 7.39. The van der Waals surface area contributed by atoms with E-state index in [0.29, 0.717) is 18.9 Å². The van der Waals surface area contributed by atoms with Crippen LogP contribution < -0.4 is 11.1 Å². The normalized spacial score (nSPS) is 24.1. The minimum atomic E-state index is 0.183. The second-order valence-corrected chi connectivity index (χ2v) is 7.39. The first kappa shape index (κ1) is 15.8. The van der Waals surface area contributed by atoms with E-state index in [9.17, 15) is 4.79 Å². The number of nitrogens with zero attached hydrogens (tertiary/aromatic N) is 1. The molecule has 0 radical (unpaired) electrons. The van der Waals surface area contributed by atoms with Crippen molar-refractivity contribution in [2.45, 2.75) is 58.4 Å². The van der Waals surface area contributed by atoms with E-state index < -0.39 is 0 Å². The lowest BCUT2D eigenvalue weighted by molar-refractivity contribution is -0.121. The van der Waals surface area contributed by atoms with E-state index in [1.807, 2.05) is 0 Å². The zero-order chi connectivity index (χ0) is 14.6. The van der Waals surface area contributed by atoms with Gasteiger partial charge < -0.3 is 16.0 Å². The van der Waals surface area contributed by atoms with Crippen LogP contribution in [0.15, 0.2) is 0 Å². The van der Waals surface area contributed by atoms with Gasteiger partial charge in [-0.1, -0.05) is 13.8 Å². The molecule has 0 aromatic heterocycles. The van der Waals surface area contributed by atoms with E-state index in [1.165, 1.54) is 32.4 Å². The molecule has 116 valence electrons. The van der Waals surface area contributed by atoms with E-state index >= 15 is 0 Å². The van der Waals surface area contributed by atoms with Gasteiger partial charge in [-0.3, -0.25) is 4.79 Å². The van der Waals surface area contributed by atoms with Crippen LogP contribution in [0.1, 0.15) is 52.4 Å². The molecule has 1 aliphatic carbocycles. The summed E-state index contributed by atoms with van der Waals surface area (Å²) in [5, 5.41) is 3.12. The van der Waals surface area contributed by atoms with Gasteiger partial charge in [-0.05, 0) is 56.5 Å². The van der Waals surface area contributed by atoms with E-state index in [-0.39, 0.29) is 11.3 Å². The number of likely N-dealkylation sites (tertiary alicyclic amines) is 1. The minimum Gasteiger partial charge on any atom is -0.356 e. The van der Waals surface area contributed by atoms with Gasteiger partial charge in [-0.15, -0.1) is 0 Å². The third-order valence-corrected chi connectivity index (χ3v) is 4.82. The van der Waals surface area contributed by atoms with Crippen molar-refractivity contribution in [2.24, 2.45) is 17.1 Å². The Bertz CT molecular complexity index is 326. The zero-order valence-electron chi connectivity index (χ0n) is 13.2. The molecule has 1 heterocycles. The van der Waals surface area contributed by atoms with Crippen molar-refractivity contribution in [2.75, 3.05) is 26.2 Å². The number of amides is 1. The standard InChI is InChI=1S/C16H31N3O/c1-16(2,8-9-17)7-5-15(20)18-11-13-6-10-19(12-13)14-3-4-14/h13-14H,3-12,17H2,1-2H3,(H,18,20). The topological polar surface area (TPSA) is 58.4 Å². The fourth-order valence-electron chi connectivity index (χ4n) is 3.11. The molecule has 1 unspecified atom stereocenters. The predicted molar refractivity (Wildman–Crippen MR) is 82.4 cm³/mol. The van der Waals surface area contributed by atoms with Crippen LogP contribution in [0, 0.1) is 11.3 Å². The Labute approximate surface area is 123 Å². The molecule has 2 rings (SSSR count). The lowest BCUT2D eigenvalue weighted by atomic mass is 9.84. The summed E-state index contributed by atoms with van der Waals surface area (Å²) >= 11 is 0. The van der Waals surface area contributed by atoms with E-state index in [4.69, 9.17) is 5.73 Å². The monoisotopic (exact) mass is 281 g/mol. The van der Waals surface area contributed by atoms with Gasteiger partial charge in [-0.25, -0.2) is 0 Å². The fraction of sp³-hybridized carbons (Fsp3) is 0.938. The minimum absolute atomic E-state index is 0.183. The predicted octanol–water partition coefficient (Wildman–Crippen LogP) is 1.74. The van der Waals surface area contributed by atoms with Gasteiger partial charge in [0, 0.05) is 25.6 Å². The van der Waals surface area contributed by atoms with Crippen molar-refractivity contribution in [1.29, 1.82) is 0 Å². The summed E-state index contributed by atoms with van der Waals surface area (Å²) in [6, 6.07) is 0.868. The largest absolute Gasteiger partial charge is 0.356 e. The molecule has 0 aromatic rings. The average Bonchev–Trinajstić information content (AvgIpc) is 3.13. The van der Waals surface area contributed by atoms with Crippen LogP contribution >= 0.6 is 0 Å². The van der Waals surface area contributed by atoms with Gasteiger partial charge in [0.25, 0.3) is 0 Å². The molecule has 4 heteroatoms. The molecule has 2 fully saturated rings. The SMILES string of the molecule is CC(C)(CCN)CCC(=O)NCC1CCN(C2CC2)C1. The molecular weight excluding hydrogens is 250 g/mol. The quantitative estimate of drug-likeness (QED) is 0.712. The van der Waals surface area contributed by atoms with Gasteiger partial charge in [0.2, 0.25) is 5.91 Å². The first-order valence-electron chi connectivity index (χ1n) is 8.21. The third-order valence-electron chi connectivity index (χ3n) is 4.82. The van der Waals surface area contributed by atoms with Crippen LogP contribution in [0.25, 0.3) is 0 Å². The molecule has 3 N–H and O–H groups in total. The van der Waals surface area contributed by atoms with Gasteiger partial charge in [0.05, 0.1) is 0 Å². The Kier molecular flexibility index (Phi) is 5.44. The first-order chi connectivity index (χ1) is 9.50. The summed E-state index contributed by atoms with van der Waals surface area (Å²) in [7, 11) is 0. The maximum absolute atomic E-state index is 11.9. The van der Waals surface area contributed by atoms with Gasteiger partial charge in [0.15, 0.2) is 0 Å². The van der Waals surface area contributed by atoms with E-state index in [0.717, 1.165) is 25.4 Å². The Morgan fingerprint density at radius 1 is 1.30 bits per heavy atom. The van der Waals surface area contributed by atoms with E-state index in [1.54, 1.807) is 0 Å². The van der Waals surface area contributed by atoms with Crippen LogP contribution in [0.5, 0.6) is 0 Å². The third kappa shape index (κ3) is 5.06. The van der Waals surface area contributed by atoms with Crippen molar-refractivity contribution in [3.8, 4) is 0 Å². The van der Waals surface area contributed by atoms with Crippen LogP contribution in [0.2, 0.25) is 0 Å². The number of hydrogen-bond donors (Lipinski definition) is 2. The molecule has 1 aliphatic heterocycles. The molecule has 20 heavy (non-hydrogen) atoms. The maximum atomic E-state index is 11.9. The molecule has 1 amide bonds. The molecule has 2 aliphatic rings. The number of carbonyl (C=O) groups is 1. The van der Waals surface area contributed by atoms with Crippen molar-refractivity contribution >= 4 is 5.91 Å². The van der Waals surface area contributed by atoms with Crippen LogP contribution in [-0.4, -0.2) is 43.0 Å². The fourth-order valence-corrected chi connectivity index (χ4v) is 3.11. The van der Waals surface area contributed by atoms with Crippen LogP contribution in [0.3, 0.4) is 0 Å². The molecule has 1 atom stereocenters. The summed E-state index contributed by atoms with van der Waals surface area (Å²) in [4.78, 5) is 14.5. The lowest BCUT2D eigenvalue weighted by Crippen LogP contribution is -2.32. The highest BCUT2D eigenvalue weighted by Gasteiger charge is 2.34. The van der Waals surface area contributed by atoms with Gasteiger partial charge >= 0.3 is 0 Å². The summed E-state index contributed by atoms with van der Waals surface area (Å²) < 4.78 is 0. The summed E-state index contributed by atoms with van der Waals surface area (Å²) in [6.07, 6.45) is 6.56. The molecular formula is C16H31N3O.